The Labute approximate surface area is 125 Å². The minimum atomic E-state index is 0.435. The van der Waals surface area contributed by atoms with E-state index in [4.69, 9.17) is 4.74 Å². The number of hydrogen-bond acceptors (Lipinski definition) is 3. The predicted molar refractivity (Wildman–Crippen MR) is 84.1 cm³/mol. The number of para-hydroxylation sites is 1. The first-order valence-corrected chi connectivity index (χ1v) is 7.02. The Hall–Kier alpha value is -2.36. The van der Waals surface area contributed by atoms with Crippen LogP contribution in [0, 0.1) is 18.8 Å². The number of rotatable bonds is 7. The zero-order chi connectivity index (χ0) is 15.1. The summed E-state index contributed by atoms with van der Waals surface area (Å²) in [5.74, 6) is 0.892. The lowest BCUT2D eigenvalue weighted by atomic mass is 10.1. The van der Waals surface area contributed by atoms with Crippen molar-refractivity contribution in [1.29, 1.82) is 0 Å². The zero-order valence-electron chi connectivity index (χ0n) is 12.5. The maximum Gasteiger partial charge on any atom is 0.125 e. The molecular formula is C17H20N2O2. The van der Waals surface area contributed by atoms with Crippen molar-refractivity contribution in [3.63, 3.8) is 0 Å². The molecule has 4 heteroatoms. The molecule has 0 N–H and O–H groups in total. The summed E-state index contributed by atoms with van der Waals surface area (Å²) in [6, 6.07) is 15.8. The van der Waals surface area contributed by atoms with E-state index in [0.717, 1.165) is 22.4 Å². The van der Waals surface area contributed by atoms with Crippen LogP contribution in [0.1, 0.15) is 16.7 Å². The van der Waals surface area contributed by atoms with Crippen molar-refractivity contribution < 1.29 is 4.74 Å². The molecule has 4 nitrogen and oxygen atoms in total. The average Bonchev–Trinajstić information content (AvgIpc) is 2.50. The Balaban J connectivity index is 1.88. The first-order valence-electron chi connectivity index (χ1n) is 7.02. The summed E-state index contributed by atoms with van der Waals surface area (Å²) in [5, 5.41) is 4.54. The van der Waals surface area contributed by atoms with Crippen LogP contribution in [0.4, 0.5) is 0 Å². The molecule has 0 saturated carbocycles. The summed E-state index contributed by atoms with van der Waals surface area (Å²) in [5.41, 5.74) is 3.26. The molecule has 0 aromatic heterocycles. The SMILES string of the molecule is Cc1cccc(C)c1OCCN(Cc1ccccc1)N=O. The predicted octanol–water partition coefficient (Wildman–Crippen LogP) is 3.87. The molecule has 0 radical (unpaired) electrons. The van der Waals surface area contributed by atoms with E-state index in [9.17, 15) is 4.91 Å². The van der Waals surface area contributed by atoms with Crippen LogP contribution in [0.25, 0.3) is 0 Å². The summed E-state index contributed by atoms with van der Waals surface area (Å²) in [6.45, 7) is 5.43. The Bertz CT molecular complexity index is 564. The molecule has 2 aromatic rings. The van der Waals surface area contributed by atoms with E-state index in [2.05, 4.69) is 5.29 Å². The fraction of sp³-hybridized carbons (Fsp3) is 0.294. The normalized spacial score (nSPS) is 10.2. The molecule has 0 unspecified atom stereocenters. The maximum atomic E-state index is 10.9. The van der Waals surface area contributed by atoms with Gasteiger partial charge in [-0.3, -0.25) is 5.01 Å². The molecule has 0 aliphatic heterocycles. The Morgan fingerprint density at radius 1 is 1.00 bits per heavy atom. The molecule has 0 saturated heterocycles. The van der Waals surface area contributed by atoms with E-state index < -0.39 is 0 Å². The van der Waals surface area contributed by atoms with E-state index in [-0.39, 0.29) is 0 Å². The Morgan fingerprint density at radius 3 is 2.29 bits per heavy atom. The van der Waals surface area contributed by atoms with Gasteiger partial charge >= 0.3 is 0 Å². The molecule has 2 aromatic carbocycles. The van der Waals surface area contributed by atoms with Crippen molar-refractivity contribution in [2.24, 2.45) is 5.29 Å². The fourth-order valence-corrected chi connectivity index (χ4v) is 2.22. The van der Waals surface area contributed by atoms with Crippen molar-refractivity contribution >= 4 is 0 Å². The van der Waals surface area contributed by atoms with E-state index in [1.54, 1.807) is 0 Å². The monoisotopic (exact) mass is 284 g/mol. The van der Waals surface area contributed by atoms with Crippen molar-refractivity contribution in [3.8, 4) is 5.75 Å². The second-order valence-electron chi connectivity index (χ2n) is 5.02. The lowest BCUT2D eigenvalue weighted by Crippen LogP contribution is -2.23. The molecule has 0 spiro atoms. The molecule has 110 valence electrons. The molecule has 0 amide bonds. The van der Waals surface area contributed by atoms with Crippen LogP contribution in [-0.2, 0) is 6.54 Å². The Kier molecular flexibility index (Phi) is 5.32. The highest BCUT2D eigenvalue weighted by Crippen LogP contribution is 2.22. The van der Waals surface area contributed by atoms with Gasteiger partial charge in [0.25, 0.3) is 0 Å². The third-order valence-electron chi connectivity index (χ3n) is 3.33. The number of nitroso groups, excluding NO2 is 1. The number of nitrogens with zero attached hydrogens (tertiary/aromatic N) is 2. The minimum absolute atomic E-state index is 0.435. The van der Waals surface area contributed by atoms with Gasteiger partial charge in [-0.15, -0.1) is 4.91 Å². The van der Waals surface area contributed by atoms with E-state index in [1.807, 2.05) is 62.4 Å². The highest BCUT2D eigenvalue weighted by molar-refractivity contribution is 5.39. The first kappa shape index (κ1) is 15.0. The fourth-order valence-electron chi connectivity index (χ4n) is 2.22. The van der Waals surface area contributed by atoms with Gasteiger partial charge in [-0.25, -0.2) is 0 Å². The molecule has 21 heavy (non-hydrogen) atoms. The largest absolute Gasteiger partial charge is 0.491 e. The first-order chi connectivity index (χ1) is 10.2. The number of hydrogen-bond donors (Lipinski definition) is 0. The Morgan fingerprint density at radius 2 is 1.67 bits per heavy atom. The highest BCUT2D eigenvalue weighted by atomic mass is 16.5. The summed E-state index contributed by atoms with van der Waals surface area (Å²) < 4.78 is 5.80. The van der Waals surface area contributed by atoms with Gasteiger partial charge in [-0.2, -0.15) is 0 Å². The van der Waals surface area contributed by atoms with Gasteiger partial charge in [-0.05, 0) is 30.5 Å². The van der Waals surface area contributed by atoms with Crippen LogP contribution in [-0.4, -0.2) is 18.2 Å². The van der Waals surface area contributed by atoms with Gasteiger partial charge in [0, 0.05) is 0 Å². The van der Waals surface area contributed by atoms with E-state index >= 15 is 0 Å². The molecule has 0 aliphatic rings. The van der Waals surface area contributed by atoms with Crippen LogP contribution in [0.15, 0.2) is 53.8 Å². The lowest BCUT2D eigenvalue weighted by Gasteiger charge is -2.17. The quantitative estimate of drug-likeness (QED) is 0.572. The molecule has 0 aliphatic carbocycles. The summed E-state index contributed by atoms with van der Waals surface area (Å²) >= 11 is 0. The van der Waals surface area contributed by atoms with Crippen molar-refractivity contribution in [2.45, 2.75) is 20.4 Å². The van der Waals surface area contributed by atoms with Crippen LogP contribution >= 0.6 is 0 Å². The van der Waals surface area contributed by atoms with Crippen LogP contribution < -0.4 is 4.74 Å². The summed E-state index contributed by atoms with van der Waals surface area (Å²) in [7, 11) is 0. The van der Waals surface area contributed by atoms with Crippen LogP contribution in [0.3, 0.4) is 0 Å². The average molecular weight is 284 g/mol. The molecule has 2 rings (SSSR count). The summed E-state index contributed by atoms with van der Waals surface area (Å²) in [4.78, 5) is 10.9. The molecular weight excluding hydrogens is 264 g/mol. The van der Waals surface area contributed by atoms with Crippen LogP contribution in [0.2, 0.25) is 0 Å². The van der Waals surface area contributed by atoms with Crippen molar-refractivity contribution in [2.75, 3.05) is 13.2 Å². The van der Waals surface area contributed by atoms with E-state index in [0.29, 0.717) is 19.7 Å². The van der Waals surface area contributed by atoms with Gasteiger partial charge in [0.2, 0.25) is 0 Å². The maximum absolute atomic E-state index is 10.9. The van der Waals surface area contributed by atoms with Gasteiger partial charge in [0.1, 0.15) is 12.4 Å². The molecule has 0 heterocycles. The van der Waals surface area contributed by atoms with Crippen molar-refractivity contribution in [3.05, 3.63) is 70.1 Å². The van der Waals surface area contributed by atoms with Gasteiger partial charge in [-0.1, -0.05) is 48.5 Å². The minimum Gasteiger partial charge on any atom is -0.491 e. The summed E-state index contributed by atoms with van der Waals surface area (Å²) in [6.07, 6.45) is 0. The highest BCUT2D eigenvalue weighted by Gasteiger charge is 2.07. The van der Waals surface area contributed by atoms with Gasteiger partial charge < -0.3 is 4.74 Å². The van der Waals surface area contributed by atoms with Gasteiger partial charge in [0.05, 0.1) is 18.4 Å². The smallest absolute Gasteiger partial charge is 0.125 e. The third kappa shape index (κ3) is 4.31. The zero-order valence-corrected chi connectivity index (χ0v) is 12.5. The number of ether oxygens (including phenoxy) is 1. The molecule has 0 fully saturated rings. The second-order valence-corrected chi connectivity index (χ2v) is 5.02. The van der Waals surface area contributed by atoms with E-state index in [1.165, 1.54) is 5.01 Å². The molecule has 0 bridgehead atoms. The van der Waals surface area contributed by atoms with Gasteiger partial charge in [0.15, 0.2) is 0 Å². The second kappa shape index (κ2) is 7.43. The topological polar surface area (TPSA) is 41.9 Å². The number of aryl methyl sites for hydroxylation is 2. The molecule has 0 atom stereocenters. The standard InChI is InChI=1S/C17H20N2O2/c1-14-7-6-8-15(2)17(14)21-12-11-19(18-20)13-16-9-4-3-5-10-16/h3-10H,11-13H2,1-2H3. The van der Waals surface area contributed by atoms with Crippen molar-refractivity contribution in [1.82, 2.24) is 5.01 Å². The lowest BCUT2D eigenvalue weighted by molar-refractivity contribution is 0.205. The third-order valence-corrected chi connectivity index (χ3v) is 3.33. The van der Waals surface area contributed by atoms with Crippen LogP contribution in [0.5, 0.6) is 5.75 Å². The number of benzene rings is 2.